The zero-order chi connectivity index (χ0) is 12.1. The predicted molar refractivity (Wildman–Crippen MR) is 66.2 cm³/mol. The summed E-state index contributed by atoms with van der Waals surface area (Å²) in [7, 11) is 0. The Morgan fingerprint density at radius 1 is 1.38 bits per heavy atom. The lowest BCUT2D eigenvalue weighted by molar-refractivity contribution is -0.143. The molecule has 0 aromatic heterocycles. The molecule has 3 nitrogen and oxygen atoms in total. The van der Waals surface area contributed by atoms with Gasteiger partial charge in [0, 0.05) is 15.7 Å². The van der Waals surface area contributed by atoms with Crippen molar-refractivity contribution in [1.29, 1.82) is 0 Å². The van der Waals surface area contributed by atoms with Crippen LogP contribution in [-0.2, 0) is 9.53 Å². The molecule has 0 unspecified atom stereocenters. The number of rotatable bonds is 4. The topological polar surface area (TPSA) is 38.3 Å². The van der Waals surface area contributed by atoms with Crippen LogP contribution in [0.5, 0.6) is 0 Å². The normalized spacial score (nSPS) is 12.0. The standard InChI is InChI=1S/C11H13Cl2NO2/c1-3-16-11(15)7(2)14-10-5-8(12)4-9(13)6-10/h4-7,14H,3H2,1-2H3/t7-/m0/s1. The molecular weight excluding hydrogens is 249 g/mol. The van der Waals surface area contributed by atoms with Crippen molar-refractivity contribution < 1.29 is 9.53 Å². The molecule has 0 saturated heterocycles. The first-order valence-electron chi connectivity index (χ1n) is 4.92. The highest BCUT2D eigenvalue weighted by Gasteiger charge is 2.13. The molecule has 1 aromatic carbocycles. The smallest absolute Gasteiger partial charge is 0.328 e. The van der Waals surface area contributed by atoms with Gasteiger partial charge in [0.05, 0.1) is 6.61 Å². The van der Waals surface area contributed by atoms with Crippen LogP contribution in [0.2, 0.25) is 10.0 Å². The zero-order valence-corrected chi connectivity index (χ0v) is 10.6. The fourth-order valence-electron chi connectivity index (χ4n) is 1.21. The van der Waals surface area contributed by atoms with Crippen molar-refractivity contribution in [3.8, 4) is 0 Å². The second-order valence-electron chi connectivity index (χ2n) is 3.28. The summed E-state index contributed by atoms with van der Waals surface area (Å²) < 4.78 is 4.87. The summed E-state index contributed by atoms with van der Waals surface area (Å²) in [5.74, 6) is -0.307. The highest BCUT2D eigenvalue weighted by atomic mass is 35.5. The molecule has 1 rings (SSSR count). The average Bonchev–Trinajstić information content (AvgIpc) is 2.16. The van der Waals surface area contributed by atoms with Crippen LogP contribution >= 0.6 is 23.2 Å². The first kappa shape index (κ1) is 13.1. The van der Waals surface area contributed by atoms with E-state index >= 15 is 0 Å². The number of hydrogen-bond acceptors (Lipinski definition) is 3. The van der Waals surface area contributed by atoms with Crippen molar-refractivity contribution in [3.05, 3.63) is 28.2 Å². The molecule has 0 bridgehead atoms. The van der Waals surface area contributed by atoms with Gasteiger partial charge in [-0.05, 0) is 32.0 Å². The maximum absolute atomic E-state index is 11.4. The van der Waals surface area contributed by atoms with E-state index in [0.29, 0.717) is 22.3 Å². The van der Waals surface area contributed by atoms with Gasteiger partial charge in [0.2, 0.25) is 0 Å². The molecule has 0 saturated carbocycles. The van der Waals surface area contributed by atoms with Gasteiger partial charge < -0.3 is 10.1 Å². The van der Waals surface area contributed by atoms with Crippen LogP contribution in [0.4, 0.5) is 5.69 Å². The first-order valence-corrected chi connectivity index (χ1v) is 5.67. The largest absolute Gasteiger partial charge is 0.464 e. The van der Waals surface area contributed by atoms with Crippen molar-refractivity contribution in [2.75, 3.05) is 11.9 Å². The van der Waals surface area contributed by atoms with Gasteiger partial charge in [-0.15, -0.1) is 0 Å². The summed E-state index contributed by atoms with van der Waals surface area (Å²) >= 11 is 11.7. The van der Waals surface area contributed by atoms with Crippen LogP contribution in [0.25, 0.3) is 0 Å². The zero-order valence-electron chi connectivity index (χ0n) is 9.09. The van der Waals surface area contributed by atoms with Gasteiger partial charge in [0.1, 0.15) is 6.04 Å². The van der Waals surface area contributed by atoms with Crippen molar-refractivity contribution in [3.63, 3.8) is 0 Å². The van der Waals surface area contributed by atoms with Crippen LogP contribution in [-0.4, -0.2) is 18.6 Å². The van der Waals surface area contributed by atoms with Gasteiger partial charge in [-0.1, -0.05) is 23.2 Å². The van der Waals surface area contributed by atoms with Gasteiger partial charge in [0.15, 0.2) is 0 Å². The molecule has 16 heavy (non-hydrogen) atoms. The lowest BCUT2D eigenvalue weighted by atomic mass is 10.2. The van der Waals surface area contributed by atoms with E-state index < -0.39 is 6.04 Å². The number of hydrogen-bond donors (Lipinski definition) is 1. The molecule has 1 aromatic rings. The van der Waals surface area contributed by atoms with Crippen LogP contribution in [0.3, 0.4) is 0 Å². The number of benzene rings is 1. The van der Waals surface area contributed by atoms with Gasteiger partial charge in [0.25, 0.3) is 0 Å². The molecule has 0 aliphatic carbocycles. The maximum atomic E-state index is 11.4. The second-order valence-corrected chi connectivity index (χ2v) is 4.15. The van der Waals surface area contributed by atoms with E-state index in [1.54, 1.807) is 32.0 Å². The molecule has 1 atom stereocenters. The Morgan fingerprint density at radius 3 is 2.44 bits per heavy atom. The molecule has 1 N–H and O–H groups in total. The molecule has 0 radical (unpaired) electrons. The van der Waals surface area contributed by atoms with Crippen molar-refractivity contribution in [1.82, 2.24) is 0 Å². The van der Waals surface area contributed by atoms with E-state index in [0.717, 1.165) is 0 Å². The van der Waals surface area contributed by atoms with E-state index in [4.69, 9.17) is 27.9 Å². The van der Waals surface area contributed by atoms with E-state index in [1.807, 2.05) is 0 Å². The summed E-state index contributed by atoms with van der Waals surface area (Å²) in [5.41, 5.74) is 0.693. The first-order chi connectivity index (χ1) is 7.52. The van der Waals surface area contributed by atoms with Crippen LogP contribution in [0.15, 0.2) is 18.2 Å². The summed E-state index contributed by atoms with van der Waals surface area (Å²) in [6, 6.07) is 4.59. The molecule has 0 spiro atoms. The minimum absolute atomic E-state index is 0.307. The summed E-state index contributed by atoms with van der Waals surface area (Å²) in [6.45, 7) is 3.84. The fourth-order valence-corrected chi connectivity index (χ4v) is 1.74. The van der Waals surface area contributed by atoms with E-state index in [9.17, 15) is 4.79 Å². The van der Waals surface area contributed by atoms with E-state index in [1.165, 1.54) is 0 Å². The van der Waals surface area contributed by atoms with E-state index in [2.05, 4.69) is 5.32 Å². The number of halogens is 2. The Morgan fingerprint density at radius 2 is 1.94 bits per heavy atom. The summed E-state index contributed by atoms with van der Waals surface area (Å²) in [5, 5.41) is 4.00. The molecule has 0 aliphatic rings. The number of nitrogens with one attached hydrogen (secondary N) is 1. The van der Waals surface area contributed by atoms with Crippen LogP contribution in [0, 0.1) is 0 Å². The summed E-state index contributed by atoms with van der Waals surface area (Å²) in [6.07, 6.45) is 0. The van der Waals surface area contributed by atoms with Crippen molar-refractivity contribution in [2.24, 2.45) is 0 Å². The van der Waals surface area contributed by atoms with Gasteiger partial charge in [-0.25, -0.2) is 4.79 Å². The highest BCUT2D eigenvalue weighted by molar-refractivity contribution is 6.35. The number of anilines is 1. The highest BCUT2D eigenvalue weighted by Crippen LogP contribution is 2.22. The predicted octanol–water partition coefficient (Wildman–Crippen LogP) is 3.36. The van der Waals surface area contributed by atoms with Gasteiger partial charge in [-0.3, -0.25) is 0 Å². The minimum Gasteiger partial charge on any atom is -0.464 e. The molecular formula is C11H13Cl2NO2. The van der Waals surface area contributed by atoms with Crippen molar-refractivity contribution >= 4 is 34.9 Å². The number of carbonyl (C=O) groups is 1. The lowest BCUT2D eigenvalue weighted by Gasteiger charge is -2.14. The Kier molecular flexibility index (Phi) is 4.90. The maximum Gasteiger partial charge on any atom is 0.328 e. The van der Waals surface area contributed by atoms with Gasteiger partial charge in [-0.2, -0.15) is 0 Å². The fraction of sp³-hybridized carbons (Fsp3) is 0.364. The van der Waals surface area contributed by atoms with E-state index in [-0.39, 0.29) is 5.97 Å². The Bertz CT molecular complexity index is 362. The number of carbonyl (C=O) groups excluding carboxylic acids is 1. The second kappa shape index (κ2) is 5.97. The monoisotopic (exact) mass is 261 g/mol. The number of ether oxygens (including phenoxy) is 1. The van der Waals surface area contributed by atoms with Crippen LogP contribution < -0.4 is 5.32 Å². The average molecular weight is 262 g/mol. The molecule has 0 heterocycles. The Balaban J connectivity index is 2.69. The third kappa shape index (κ3) is 3.91. The number of esters is 1. The van der Waals surface area contributed by atoms with Crippen molar-refractivity contribution in [2.45, 2.75) is 19.9 Å². The Hall–Kier alpha value is -0.930. The molecule has 88 valence electrons. The van der Waals surface area contributed by atoms with Gasteiger partial charge >= 0.3 is 5.97 Å². The Labute approximate surface area is 105 Å². The van der Waals surface area contributed by atoms with Crippen LogP contribution in [0.1, 0.15) is 13.8 Å². The molecule has 0 aliphatic heterocycles. The minimum atomic E-state index is -0.436. The molecule has 0 amide bonds. The SMILES string of the molecule is CCOC(=O)[C@H](C)Nc1cc(Cl)cc(Cl)c1. The molecule has 0 fully saturated rings. The third-order valence-electron chi connectivity index (χ3n) is 1.89. The third-order valence-corrected chi connectivity index (χ3v) is 2.32. The summed E-state index contributed by atoms with van der Waals surface area (Å²) in [4.78, 5) is 11.4. The molecule has 5 heteroatoms. The lowest BCUT2D eigenvalue weighted by Crippen LogP contribution is -2.28. The quantitative estimate of drug-likeness (QED) is 0.845.